The van der Waals surface area contributed by atoms with E-state index in [4.69, 9.17) is 0 Å². The van der Waals surface area contributed by atoms with Crippen molar-refractivity contribution >= 4 is 17.7 Å². The van der Waals surface area contributed by atoms with Crippen LogP contribution in [-0.4, -0.2) is 21.7 Å². The average Bonchev–Trinajstić information content (AvgIpc) is 3.27. The first-order valence-electron chi connectivity index (χ1n) is 8.33. The summed E-state index contributed by atoms with van der Waals surface area (Å²) in [5, 5.41) is 4.00. The van der Waals surface area contributed by atoms with Crippen molar-refractivity contribution in [1.82, 2.24) is 14.9 Å². The molecule has 2 aromatic carbocycles. The number of nitrogens with one attached hydrogen (secondary N) is 1. The molecule has 1 aromatic heterocycles. The van der Waals surface area contributed by atoms with E-state index in [-0.39, 0.29) is 11.9 Å². The van der Waals surface area contributed by atoms with Gasteiger partial charge in [-0.25, -0.2) is 4.98 Å². The van der Waals surface area contributed by atoms with Gasteiger partial charge in [0.05, 0.1) is 12.2 Å². The third kappa shape index (κ3) is 2.96. The number of carbonyl (C=O) groups excluding carboxylic acids is 1. The maximum Gasteiger partial charge on any atom is 0.270 e. The second-order valence-electron chi connectivity index (χ2n) is 6.06. The Hall–Kier alpha value is -2.53. The van der Waals surface area contributed by atoms with E-state index in [2.05, 4.69) is 28.5 Å². The van der Waals surface area contributed by atoms with Crippen LogP contribution in [0, 0.1) is 0 Å². The van der Waals surface area contributed by atoms with Crippen LogP contribution in [0.15, 0.2) is 66.0 Å². The first-order valence-corrected chi connectivity index (χ1v) is 9.56. The number of aryl methyl sites for hydroxylation is 1. The summed E-state index contributed by atoms with van der Waals surface area (Å²) in [6.07, 6.45) is 5.58. The number of para-hydroxylation sites is 1. The molecule has 0 fully saturated rings. The molecule has 1 atom stereocenters. The molecular formula is C20H19N3OS. The Morgan fingerprint density at radius 3 is 2.72 bits per heavy atom. The third-order valence-corrected chi connectivity index (χ3v) is 5.25. The van der Waals surface area contributed by atoms with Crippen molar-refractivity contribution in [3.8, 4) is 5.69 Å². The van der Waals surface area contributed by atoms with Crippen molar-refractivity contribution in [3.05, 3.63) is 77.6 Å². The number of benzene rings is 2. The lowest BCUT2D eigenvalue weighted by atomic mass is 10.1. The summed E-state index contributed by atoms with van der Waals surface area (Å²) in [4.78, 5) is 17.4. The fraction of sp³-hybridized carbons (Fsp3) is 0.200. The van der Waals surface area contributed by atoms with E-state index in [0.29, 0.717) is 5.69 Å². The summed E-state index contributed by atoms with van der Waals surface area (Å²) in [6.45, 7) is 0. The number of amides is 1. The molecule has 0 saturated carbocycles. The SMILES string of the molecule is CSc1ncc(C(=O)NC2CCc3ccccc32)n1-c1ccccc1. The van der Waals surface area contributed by atoms with Gasteiger partial charge in [0.15, 0.2) is 5.16 Å². The number of thioether (sulfide) groups is 1. The summed E-state index contributed by atoms with van der Waals surface area (Å²) >= 11 is 1.53. The lowest BCUT2D eigenvalue weighted by molar-refractivity contribution is 0.0929. The highest BCUT2D eigenvalue weighted by Crippen LogP contribution is 2.31. The van der Waals surface area contributed by atoms with Crippen molar-refractivity contribution in [3.63, 3.8) is 0 Å². The zero-order valence-corrected chi connectivity index (χ0v) is 14.8. The molecule has 5 heteroatoms. The van der Waals surface area contributed by atoms with Gasteiger partial charge in [-0.1, -0.05) is 54.2 Å². The summed E-state index contributed by atoms with van der Waals surface area (Å²) < 4.78 is 1.92. The molecule has 0 aliphatic heterocycles. The smallest absolute Gasteiger partial charge is 0.270 e. The largest absolute Gasteiger partial charge is 0.344 e. The minimum absolute atomic E-state index is 0.0700. The van der Waals surface area contributed by atoms with Crippen LogP contribution in [-0.2, 0) is 6.42 Å². The highest BCUT2D eigenvalue weighted by Gasteiger charge is 2.26. The second-order valence-corrected chi connectivity index (χ2v) is 6.84. The molecule has 1 aliphatic rings. The Kier molecular flexibility index (Phi) is 4.32. The lowest BCUT2D eigenvalue weighted by Crippen LogP contribution is -2.29. The standard InChI is InChI=1S/C20H19N3OS/c1-25-20-21-13-18(23(20)15-8-3-2-4-9-15)19(24)22-17-12-11-14-7-5-6-10-16(14)17/h2-10,13,17H,11-12H2,1H3,(H,22,24). The zero-order valence-electron chi connectivity index (χ0n) is 14.0. The molecule has 4 nitrogen and oxygen atoms in total. The topological polar surface area (TPSA) is 46.9 Å². The molecule has 1 unspecified atom stereocenters. The Morgan fingerprint density at radius 2 is 1.92 bits per heavy atom. The van der Waals surface area contributed by atoms with Crippen molar-refractivity contribution in [1.29, 1.82) is 0 Å². The molecule has 1 amide bonds. The van der Waals surface area contributed by atoms with Gasteiger partial charge in [-0.05, 0) is 42.4 Å². The number of aromatic nitrogens is 2. The summed E-state index contributed by atoms with van der Waals surface area (Å²) in [5.41, 5.74) is 4.07. The van der Waals surface area contributed by atoms with Crippen LogP contribution in [0.5, 0.6) is 0 Å². The molecule has 25 heavy (non-hydrogen) atoms. The van der Waals surface area contributed by atoms with Gasteiger partial charge >= 0.3 is 0 Å². The molecule has 1 heterocycles. The van der Waals surface area contributed by atoms with Gasteiger partial charge in [0.25, 0.3) is 5.91 Å². The monoisotopic (exact) mass is 349 g/mol. The van der Waals surface area contributed by atoms with Crippen LogP contribution >= 0.6 is 11.8 Å². The Morgan fingerprint density at radius 1 is 1.16 bits per heavy atom. The summed E-state index contributed by atoms with van der Waals surface area (Å²) in [6, 6.07) is 18.3. The first-order chi connectivity index (χ1) is 12.3. The number of fused-ring (bicyclic) bond motifs is 1. The van der Waals surface area contributed by atoms with E-state index in [1.54, 1.807) is 6.20 Å². The van der Waals surface area contributed by atoms with Crippen LogP contribution in [0.25, 0.3) is 5.69 Å². The number of hydrogen-bond donors (Lipinski definition) is 1. The molecule has 0 saturated heterocycles. The van der Waals surface area contributed by atoms with Gasteiger partial charge in [-0.2, -0.15) is 0 Å². The first kappa shape index (κ1) is 16.0. The van der Waals surface area contributed by atoms with Crippen molar-refractivity contribution in [2.45, 2.75) is 24.0 Å². The zero-order chi connectivity index (χ0) is 17.2. The van der Waals surface area contributed by atoms with E-state index in [1.165, 1.54) is 22.9 Å². The van der Waals surface area contributed by atoms with Crippen molar-refractivity contribution < 1.29 is 4.79 Å². The predicted octanol–water partition coefficient (Wildman–Crippen LogP) is 4.01. The highest BCUT2D eigenvalue weighted by molar-refractivity contribution is 7.98. The molecular weight excluding hydrogens is 330 g/mol. The van der Waals surface area contributed by atoms with Gasteiger partial charge in [-0.15, -0.1) is 0 Å². The molecule has 126 valence electrons. The van der Waals surface area contributed by atoms with Crippen LogP contribution in [0.2, 0.25) is 0 Å². The van der Waals surface area contributed by atoms with E-state index in [0.717, 1.165) is 23.7 Å². The van der Waals surface area contributed by atoms with E-state index in [1.807, 2.05) is 47.2 Å². The fourth-order valence-electron chi connectivity index (χ4n) is 3.40. The minimum Gasteiger partial charge on any atom is -0.344 e. The molecule has 0 radical (unpaired) electrons. The molecule has 0 spiro atoms. The van der Waals surface area contributed by atoms with E-state index < -0.39 is 0 Å². The van der Waals surface area contributed by atoms with Gasteiger partial charge in [0.1, 0.15) is 5.69 Å². The number of carbonyl (C=O) groups is 1. The van der Waals surface area contributed by atoms with Gasteiger partial charge in [-0.3, -0.25) is 9.36 Å². The second kappa shape index (κ2) is 6.76. The normalized spacial score (nSPS) is 15.8. The molecule has 1 N–H and O–H groups in total. The molecule has 3 aromatic rings. The Bertz CT molecular complexity index is 904. The molecule has 4 rings (SSSR count). The fourth-order valence-corrected chi connectivity index (χ4v) is 3.95. The summed E-state index contributed by atoms with van der Waals surface area (Å²) in [7, 11) is 0. The van der Waals surface area contributed by atoms with E-state index >= 15 is 0 Å². The minimum atomic E-state index is -0.0849. The quantitative estimate of drug-likeness (QED) is 0.724. The molecule has 0 bridgehead atoms. The average molecular weight is 349 g/mol. The third-order valence-electron chi connectivity index (χ3n) is 4.60. The van der Waals surface area contributed by atoms with E-state index in [9.17, 15) is 4.79 Å². The predicted molar refractivity (Wildman–Crippen MR) is 100 cm³/mol. The Labute approximate surface area is 151 Å². The van der Waals surface area contributed by atoms with Crippen LogP contribution in [0.4, 0.5) is 0 Å². The number of hydrogen-bond acceptors (Lipinski definition) is 3. The van der Waals surface area contributed by atoms with Gasteiger partial charge < -0.3 is 5.32 Å². The lowest BCUT2D eigenvalue weighted by Gasteiger charge is -2.16. The molecule has 1 aliphatic carbocycles. The number of imidazole rings is 1. The van der Waals surface area contributed by atoms with Crippen molar-refractivity contribution in [2.75, 3.05) is 6.26 Å². The summed E-state index contributed by atoms with van der Waals surface area (Å²) in [5.74, 6) is -0.0849. The van der Waals surface area contributed by atoms with Crippen LogP contribution in [0.3, 0.4) is 0 Å². The number of nitrogens with zero attached hydrogens (tertiary/aromatic N) is 2. The highest BCUT2D eigenvalue weighted by atomic mass is 32.2. The van der Waals surface area contributed by atoms with Crippen LogP contribution in [0.1, 0.15) is 34.1 Å². The Balaban J connectivity index is 1.65. The van der Waals surface area contributed by atoms with Gasteiger partial charge in [0.2, 0.25) is 0 Å². The van der Waals surface area contributed by atoms with Crippen LogP contribution < -0.4 is 5.32 Å². The maximum absolute atomic E-state index is 13.0. The number of rotatable bonds is 4. The van der Waals surface area contributed by atoms with Crippen molar-refractivity contribution in [2.24, 2.45) is 0 Å². The van der Waals surface area contributed by atoms with Gasteiger partial charge in [0, 0.05) is 5.69 Å². The maximum atomic E-state index is 13.0.